The van der Waals surface area contributed by atoms with Gasteiger partial charge in [0, 0.05) is 24.9 Å². The fraction of sp³-hybridized carbons (Fsp3) is 0.667. The van der Waals surface area contributed by atoms with Gasteiger partial charge in [-0.2, -0.15) is 0 Å². The predicted molar refractivity (Wildman–Crippen MR) is 64.8 cm³/mol. The summed E-state index contributed by atoms with van der Waals surface area (Å²) in [5.74, 6) is -0.390. The van der Waals surface area contributed by atoms with Gasteiger partial charge in [-0.25, -0.2) is 4.98 Å². The van der Waals surface area contributed by atoms with Crippen molar-refractivity contribution < 1.29 is 14.3 Å². The third kappa shape index (κ3) is 3.82. The van der Waals surface area contributed by atoms with Crippen LogP contribution < -0.4 is 5.73 Å². The Balaban J connectivity index is 1.70. The average molecular weight is 253 g/mol. The van der Waals surface area contributed by atoms with E-state index in [1.165, 1.54) is 0 Å². The van der Waals surface area contributed by atoms with Crippen molar-refractivity contribution in [3.05, 3.63) is 18.2 Å². The van der Waals surface area contributed by atoms with E-state index in [4.69, 9.17) is 15.2 Å². The SMILES string of the molecule is N[C@H](Cc1cnc[nH]1)C(=O)OCC1CCCCO1. The van der Waals surface area contributed by atoms with E-state index < -0.39 is 12.0 Å². The maximum Gasteiger partial charge on any atom is 0.323 e. The van der Waals surface area contributed by atoms with Crippen molar-refractivity contribution in [1.29, 1.82) is 0 Å². The maximum atomic E-state index is 11.7. The molecule has 0 saturated carbocycles. The van der Waals surface area contributed by atoms with Crippen LogP contribution in [-0.2, 0) is 20.7 Å². The van der Waals surface area contributed by atoms with Crippen LogP contribution in [0.5, 0.6) is 0 Å². The fourth-order valence-corrected chi connectivity index (χ4v) is 1.94. The summed E-state index contributed by atoms with van der Waals surface area (Å²) in [6.45, 7) is 1.05. The summed E-state index contributed by atoms with van der Waals surface area (Å²) in [7, 11) is 0. The van der Waals surface area contributed by atoms with E-state index in [0.29, 0.717) is 13.0 Å². The number of aromatic nitrogens is 2. The number of hydrogen-bond acceptors (Lipinski definition) is 5. The van der Waals surface area contributed by atoms with E-state index in [2.05, 4.69) is 9.97 Å². The zero-order valence-electron chi connectivity index (χ0n) is 10.3. The predicted octanol–water partition coefficient (Wildman–Crippen LogP) is 0.392. The number of aromatic amines is 1. The molecular weight excluding hydrogens is 234 g/mol. The Kier molecular flexibility index (Phi) is 4.72. The first kappa shape index (κ1) is 13.0. The zero-order chi connectivity index (χ0) is 12.8. The number of esters is 1. The molecule has 2 rings (SSSR count). The van der Waals surface area contributed by atoms with E-state index in [1.54, 1.807) is 12.5 Å². The zero-order valence-corrected chi connectivity index (χ0v) is 10.3. The van der Waals surface area contributed by atoms with Gasteiger partial charge in [0.1, 0.15) is 12.6 Å². The smallest absolute Gasteiger partial charge is 0.323 e. The molecule has 0 amide bonds. The van der Waals surface area contributed by atoms with Gasteiger partial charge in [-0.05, 0) is 19.3 Å². The van der Waals surface area contributed by atoms with Gasteiger partial charge in [0.05, 0.1) is 12.4 Å². The number of hydrogen-bond donors (Lipinski definition) is 2. The van der Waals surface area contributed by atoms with Crippen LogP contribution in [0.3, 0.4) is 0 Å². The minimum absolute atomic E-state index is 0.0297. The Bertz CT molecular complexity index is 361. The van der Waals surface area contributed by atoms with Gasteiger partial charge in [-0.1, -0.05) is 0 Å². The highest BCUT2D eigenvalue weighted by molar-refractivity contribution is 5.75. The van der Waals surface area contributed by atoms with Crippen molar-refractivity contribution in [3.8, 4) is 0 Å². The van der Waals surface area contributed by atoms with Crippen LogP contribution in [-0.4, -0.2) is 41.3 Å². The fourth-order valence-electron chi connectivity index (χ4n) is 1.94. The molecule has 2 atom stereocenters. The molecule has 1 aromatic heterocycles. The lowest BCUT2D eigenvalue weighted by molar-refractivity contribution is -0.150. The van der Waals surface area contributed by atoms with E-state index in [-0.39, 0.29) is 6.10 Å². The van der Waals surface area contributed by atoms with Gasteiger partial charge in [-0.15, -0.1) is 0 Å². The Morgan fingerprint density at radius 1 is 1.67 bits per heavy atom. The Morgan fingerprint density at radius 3 is 3.22 bits per heavy atom. The summed E-state index contributed by atoms with van der Waals surface area (Å²) in [4.78, 5) is 18.5. The van der Waals surface area contributed by atoms with Gasteiger partial charge in [0.15, 0.2) is 0 Å². The number of H-pyrrole nitrogens is 1. The summed E-state index contributed by atoms with van der Waals surface area (Å²) >= 11 is 0. The molecule has 2 heterocycles. The summed E-state index contributed by atoms with van der Waals surface area (Å²) in [6.07, 6.45) is 6.81. The topological polar surface area (TPSA) is 90.2 Å². The van der Waals surface area contributed by atoms with Crippen molar-refractivity contribution in [3.63, 3.8) is 0 Å². The molecule has 1 unspecified atom stereocenters. The van der Waals surface area contributed by atoms with Crippen molar-refractivity contribution >= 4 is 5.97 Å². The lowest BCUT2D eigenvalue weighted by Gasteiger charge is -2.22. The lowest BCUT2D eigenvalue weighted by atomic mass is 10.1. The molecule has 0 radical (unpaired) electrons. The monoisotopic (exact) mass is 253 g/mol. The number of ether oxygens (including phenoxy) is 2. The largest absolute Gasteiger partial charge is 0.462 e. The second-order valence-corrected chi connectivity index (χ2v) is 4.51. The number of nitrogens with one attached hydrogen (secondary N) is 1. The summed E-state index contributed by atoms with van der Waals surface area (Å²) < 4.78 is 10.6. The second kappa shape index (κ2) is 6.51. The molecular formula is C12H19N3O3. The first-order chi connectivity index (χ1) is 8.75. The molecule has 0 bridgehead atoms. The minimum Gasteiger partial charge on any atom is -0.462 e. The van der Waals surface area contributed by atoms with Crippen molar-refractivity contribution in [1.82, 2.24) is 9.97 Å². The number of carbonyl (C=O) groups excluding carboxylic acids is 1. The second-order valence-electron chi connectivity index (χ2n) is 4.51. The first-order valence-electron chi connectivity index (χ1n) is 6.27. The molecule has 1 fully saturated rings. The van der Waals surface area contributed by atoms with Crippen LogP contribution in [0.2, 0.25) is 0 Å². The standard InChI is InChI=1S/C12H19N3O3/c13-11(5-9-6-14-8-15-9)12(16)18-7-10-3-1-2-4-17-10/h6,8,10-11H,1-5,7,13H2,(H,14,15)/t10?,11-/m1/s1. The molecule has 6 heteroatoms. The number of nitrogens with two attached hydrogens (primary N) is 1. The number of carbonyl (C=O) groups is 1. The molecule has 6 nitrogen and oxygen atoms in total. The van der Waals surface area contributed by atoms with E-state index in [9.17, 15) is 4.79 Å². The molecule has 0 spiro atoms. The van der Waals surface area contributed by atoms with Crippen LogP contribution in [0.1, 0.15) is 25.0 Å². The molecule has 100 valence electrons. The molecule has 0 aromatic carbocycles. The summed E-state index contributed by atoms with van der Waals surface area (Å²) in [5, 5.41) is 0. The maximum absolute atomic E-state index is 11.7. The quantitative estimate of drug-likeness (QED) is 0.741. The normalized spacial score (nSPS) is 21.5. The molecule has 1 aliphatic rings. The van der Waals surface area contributed by atoms with Gasteiger partial charge in [0.2, 0.25) is 0 Å². The molecule has 1 aromatic rings. The van der Waals surface area contributed by atoms with Crippen LogP contribution >= 0.6 is 0 Å². The highest BCUT2D eigenvalue weighted by Gasteiger charge is 2.20. The number of imidazole rings is 1. The third-order valence-electron chi connectivity index (χ3n) is 2.98. The van der Waals surface area contributed by atoms with E-state index in [0.717, 1.165) is 31.6 Å². The van der Waals surface area contributed by atoms with Crippen LogP contribution in [0, 0.1) is 0 Å². The first-order valence-corrected chi connectivity index (χ1v) is 6.27. The average Bonchev–Trinajstić information content (AvgIpc) is 2.90. The van der Waals surface area contributed by atoms with Crippen molar-refractivity contribution in [2.24, 2.45) is 5.73 Å². The Hall–Kier alpha value is -1.40. The molecule has 18 heavy (non-hydrogen) atoms. The highest BCUT2D eigenvalue weighted by atomic mass is 16.6. The van der Waals surface area contributed by atoms with Gasteiger partial charge in [0.25, 0.3) is 0 Å². The lowest BCUT2D eigenvalue weighted by Crippen LogP contribution is -2.36. The Morgan fingerprint density at radius 2 is 2.56 bits per heavy atom. The van der Waals surface area contributed by atoms with E-state index in [1.807, 2.05) is 0 Å². The molecule has 0 aliphatic carbocycles. The van der Waals surface area contributed by atoms with Crippen molar-refractivity contribution in [2.75, 3.05) is 13.2 Å². The van der Waals surface area contributed by atoms with Gasteiger partial charge < -0.3 is 20.2 Å². The summed E-state index contributed by atoms with van der Waals surface area (Å²) in [5.41, 5.74) is 6.59. The minimum atomic E-state index is -0.658. The van der Waals surface area contributed by atoms with Crippen LogP contribution in [0.4, 0.5) is 0 Å². The number of nitrogens with zero attached hydrogens (tertiary/aromatic N) is 1. The van der Waals surface area contributed by atoms with Crippen LogP contribution in [0.15, 0.2) is 12.5 Å². The van der Waals surface area contributed by atoms with Gasteiger partial charge in [-0.3, -0.25) is 4.79 Å². The van der Waals surface area contributed by atoms with Crippen LogP contribution in [0.25, 0.3) is 0 Å². The molecule has 1 aliphatic heterocycles. The number of rotatable bonds is 5. The van der Waals surface area contributed by atoms with Gasteiger partial charge >= 0.3 is 5.97 Å². The third-order valence-corrected chi connectivity index (χ3v) is 2.98. The van der Waals surface area contributed by atoms with Crippen molar-refractivity contribution in [2.45, 2.75) is 37.8 Å². The highest BCUT2D eigenvalue weighted by Crippen LogP contribution is 2.13. The Labute approximate surface area is 106 Å². The molecule has 3 N–H and O–H groups in total. The molecule has 1 saturated heterocycles. The summed E-state index contributed by atoms with van der Waals surface area (Å²) in [6, 6.07) is -0.658. The van der Waals surface area contributed by atoms with E-state index >= 15 is 0 Å².